The molecule has 147 heavy (non-hydrogen) atoms. The maximum absolute atomic E-state index is 13.1. The van der Waals surface area contributed by atoms with E-state index in [0.717, 1.165) is 136 Å². The second-order valence-corrected chi connectivity index (χ2v) is 26.5. The molecular weight excluding hydrogens is 2090 g/mol. The molecule has 0 aromatic heterocycles. The Morgan fingerprint density at radius 3 is 1.01 bits per heavy atom. The molecule has 0 saturated carbocycles. The summed E-state index contributed by atoms with van der Waals surface area (Å²) in [6.45, 7) is 8.84. The molecule has 10 aromatic rings. The lowest BCUT2D eigenvalue weighted by Gasteiger charge is -2.12. The first-order valence-corrected chi connectivity index (χ1v) is 38.7. The molecule has 0 heterocycles. The minimum absolute atomic E-state index is 0.123. The molecule has 0 amide bonds. The molecule has 0 spiro atoms. The molecule has 0 aliphatic heterocycles. The van der Waals surface area contributed by atoms with Gasteiger partial charge in [-0.1, -0.05) is 35.9 Å². The zero-order chi connectivity index (χ0) is 113. The van der Waals surface area contributed by atoms with Gasteiger partial charge in [0.15, 0.2) is 46.4 Å². The van der Waals surface area contributed by atoms with E-state index in [1.54, 1.807) is 38.1 Å². The lowest BCUT2D eigenvalue weighted by molar-refractivity contribution is -0.141. The van der Waals surface area contributed by atoms with Crippen molar-refractivity contribution in [2.24, 2.45) is 0 Å². The number of benzene rings is 10. The van der Waals surface area contributed by atoms with Crippen molar-refractivity contribution in [2.45, 2.75) is 66.2 Å². The number of para-hydroxylation sites is 1. The molecule has 0 N–H and O–H groups in total. The number of carbonyl (C=O) groups excluding carboxylic acids is 10. The number of hydrogen-bond donors (Lipinski definition) is 0. The Balaban J connectivity index is 0.000000818. The monoisotopic (exact) mass is 2160 g/mol. The van der Waals surface area contributed by atoms with Gasteiger partial charge < -0.3 is 94.7 Å². The molecule has 30 nitrogen and oxygen atoms in total. The molecule has 0 bridgehead atoms. The fourth-order valence-electron chi connectivity index (χ4n) is 8.92. The number of aryl methyl sites for hydroxylation is 4. The molecule has 10 aromatic carbocycles. The highest BCUT2D eigenvalue weighted by Gasteiger charge is 2.41. The van der Waals surface area contributed by atoms with E-state index in [1.165, 1.54) is 52.3 Å². The number of methoxy groups -OCH3 is 10. The summed E-state index contributed by atoms with van der Waals surface area (Å²) in [5, 5.41) is 0.636. The normalized spacial score (nSPS) is 10.3. The molecule has 57 heteroatoms. The molecule has 0 atom stereocenters. The summed E-state index contributed by atoms with van der Waals surface area (Å²) in [5.41, 5.74) is -4.10. The summed E-state index contributed by atoms with van der Waals surface area (Å²) >= 11 is 5.78. The SMILES string of the molecule is COC(=O)Oc1c(F)c(F)c(C)c(F)c1F.COC(=O)Oc1c(F)cc(C)cc1F.COC(=O)Oc1c(F)cccc1C(F)(F)F.COC(=O)Oc1cc(F)c(C)c(F)c1.COC(=O)Oc1cc(F)ccc1C(F)(F)F.COC(=O)Oc1ccc(C)c(F)c1.COC(=O)Oc1ccc(C)cc1F.COC(=O)Oc1ccc(Cl)c(C)c1.COC(=O)Oc1ccc(F)cc1C(F)(F)F.COC(=O)Oc1cccc(F)c1C(F)(F)F. The van der Waals surface area contributed by atoms with Gasteiger partial charge in [-0.15, -0.1) is 0 Å². The maximum atomic E-state index is 13.1. The first kappa shape index (κ1) is 128. The minimum Gasteiger partial charge on any atom is -0.437 e. The van der Waals surface area contributed by atoms with Crippen LogP contribution >= 0.6 is 11.6 Å². The fraction of sp³-hybridized carbons (Fsp3) is 0.222. The van der Waals surface area contributed by atoms with Crippen molar-refractivity contribution in [1.29, 1.82) is 0 Å². The van der Waals surface area contributed by atoms with Crippen LogP contribution in [0, 0.1) is 123 Å². The fourth-order valence-corrected chi connectivity index (χ4v) is 9.04. The first-order valence-electron chi connectivity index (χ1n) is 38.3. The average molecular weight is 2160 g/mol. The number of hydrogen-bond acceptors (Lipinski definition) is 30. The largest absolute Gasteiger partial charge is 0.513 e. The number of alkyl halides is 12. The highest BCUT2D eigenvalue weighted by molar-refractivity contribution is 6.31. The van der Waals surface area contributed by atoms with Crippen LogP contribution in [0.3, 0.4) is 0 Å². The van der Waals surface area contributed by atoms with Gasteiger partial charge in [-0.25, -0.2) is 101 Å². The number of rotatable bonds is 10. The van der Waals surface area contributed by atoms with Gasteiger partial charge in [-0.2, -0.15) is 61.5 Å². The van der Waals surface area contributed by atoms with E-state index >= 15 is 0 Å². The van der Waals surface area contributed by atoms with Crippen LogP contribution in [0.4, 0.5) is 162 Å². The van der Waals surface area contributed by atoms with Gasteiger partial charge >= 0.3 is 86.3 Å². The van der Waals surface area contributed by atoms with Crippen LogP contribution in [-0.2, 0) is 72.1 Å². The van der Waals surface area contributed by atoms with Gasteiger partial charge in [0.1, 0.15) is 86.1 Å². The van der Waals surface area contributed by atoms with Crippen LogP contribution in [0.25, 0.3) is 0 Å². The van der Waals surface area contributed by atoms with E-state index in [9.17, 15) is 162 Å². The zero-order valence-corrected chi connectivity index (χ0v) is 78.1. The lowest BCUT2D eigenvalue weighted by Crippen LogP contribution is -2.15. The van der Waals surface area contributed by atoms with Crippen molar-refractivity contribution >= 4 is 73.2 Å². The molecule has 0 radical (unpaired) electrons. The summed E-state index contributed by atoms with van der Waals surface area (Å²) < 4.78 is 414. The van der Waals surface area contributed by atoms with Gasteiger partial charge in [0.2, 0.25) is 23.1 Å². The standard InChI is InChI=1S/C9H9ClO3.5C9H6F4O3.2C9H8F2O3.2C9H9FO3/c1-6-5-7(3-4-8(6)10)13-9(11)12-2;1-15-8(14)16-7-3-2-5(10)4-6(7)9(11,12)13;1-15-8(14)16-7-4-5(10)2-3-6(7)9(11,12)13;1-15-8(14)16-6-4-2-3-5(10)7(6)9(11,12)13;1-15-8(14)16-7-5(9(11,12)13)3-2-4-6(7)10;1-3-4(10)6(12)8(7(13)5(3)11)16-9(14)15-2;1-5-7(10)3-6(4-8(5)11)14-9(12)13-2;1-5-3-6(10)8(7(11)4-5)14-9(12)13-2;1-6-3-4-7(5-8(6)10)13-9(11)12-2;1-6-3-4-8(7(10)5-6)13-9(11)12-2/h3-5H,1-2H3;4*2-4H,1H3;1-2H3;2*3-4H,1-2H3;2*3-5H,1-2H3. The molecular formula is C90H73ClF26O30. The Kier molecular flexibility index (Phi) is 53.0. The number of halogens is 27. The molecule has 0 saturated heterocycles. The second kappa shape index (κ2) is 60.7. The van der Waals surface area contributed by atoms with Crippen LogP contribution < -0.4 is 47.4 Å². The summed E-state index contributed by atoms with van der Waals surface area (Å²) in [7, 11) is 10.3. The van der Waals surface area contributed by atoms with E-state index in [0.29, 0.717) is 58.3 Å². The van der Waals surface area contributed by atoms with E-state index in [1.807, 2.05) is 6.92 Å². The molecule has 0 aliphatic carbocycles. The quantitative estimate of drug-likeness (QED) is 0.0403. The van der Waals surface area contributed by atoms with Gasteiger partial charge in [-0.05, 0) is 167 Å². The minimum atomic E-state index is -4.95. The Morgan fingerprint density at radius 1 is 0.231 bits per heavy atom. The van der Waals surface area contributed by atoms with Gasteiger partial charge in [0.25, 0.3) is 0 Å². The van der Waals surface area contributed by atoms with Crippen molar-refractivity contribution < 1.29 is 257 Å². The van der Waals surface area contributed by atoms with E-state index in [4.69, 9.17) is 16.3 Å². The van der Waals surface area contributed by atoms with E-state index in [-0.39, 0.29) is 28.9 Å². The second-order valence-electron chi connectivity index (χ2n) is 26.1. The summed E-state index contributed by atoms with van der Waals surface area (Å²) in [6, 6.07) is 25.2. The molecule has 0 aliphatic rings. The Labute approximate surface area is 815 Å². The molecule has 0 fully saturated rings. The van der Waals surface area contributed by atoms with Crippen LogP contribution in [0.1, 0.15) is 55.6 Å². The van der Waals surface area contributed by atoms with E-state index < -0.39 is 230 Å². The highest BCUT2D eigenvalue weighted by Crippen LogP contribution is 2.42. The molecule has 10 rings (SSSR count). The number of ether oxygens (including phenoxy) is 20. The lowest BCUT2D eigenvalue weighted by atomic mass is 10.2. The third kappa shape index (κ3) is 44.8. The van der Waals surface area contributed by atoms with Gasteiger partial charge in [-0.3, -0.25) is 0 Å². The Bertz CT molecular complexity index is 6010. The molecule has 0 unspecified atom stereocenters. The number of carbonyl (C=O) groups is 10. The predicted octanol–water partition coefficient (Wildman–Crippen LogP) is 26.8. The van der Waals surface area contributed by atoms with Crippen molar-refractivity contribution in [2.75, 3.05) is 71.1 Å². The molecule has 802 valence electrons. The van der Waals surface area contributed by atoms with Gasteiger partial charge in [0, 0.05) is 40.4 Å². The van der Waals surface area contributed by atoms with E-state index in [2.05, 4.69) is 90.0 Å². The zero-order valence-electron chi connectivity index (χ0n) is 77.4. The Hall–Kier alpha value is -16.6. The Morgan fingerprint density at radius 2 is 0.585 bits per heavy atom. The summed E-state index contributed by atoms with van der Waals surface area (Å²) in [4.78, 5) is 106. The topological polar surface area (TPSA) is 355 Å². The predicted molar refractivity (Wildman–Crippen MR) is 448 cm³/mol. The average Bonchev–Trinajstić information content (AvgIpc) is 0.800. The van der Waals surface area contributed by atoms with Crippen molar-refractivity contribution in [1.82, 2.24) is 0 Å². The van der Waals surface area contributed by atoms with Crippen molar-refractivity contribution in [3.8, 4) is 57.5 Å². The highest BCUT2D eigenvalue weighted by atomic mass is 35.5. The maximum Gasteiger partial charge on any atom is 0.513 e. The third-order valence-electron chi connectivity index (χ3n) is 15.8. The summed E-state index contributed by atoms with van der Waals surface area (Å²) in [5.74, 6) is -22.0. The van der Waals surface area contributed by atoms with Crippen LogP contribution in [0.15, 0.2) is 152 Å². The van der Waals surface area contributed by atoms with Gasteiger partial charge in [0.05, 0.1) is 76.7 Å². The van der Waals surface area contributed by atoms with Crippen LogP contribution in [0.5, 0.6) is 57.5 Å². The first-order chi connectivity index (χ1) is 68.3. The third-order valence-corrected chi connectivity index (χ3v) is 16.3. The summed E-state index contributed by atoms with van der Waals surface area (Å²) in [6.07, 6.45) is -30.9. The van der Waals surface area contributed by atoms with Crippen LogP contribution in [0.2, 0.25) is 5.02 Å². The van der Waals surface area contributed by atoms with Crippen molar-refractivity contribution in [3.05, 3.63) is 294 Å². The smallest absolute Gasteiger partial charge is 0.437 e. The van der Waals surface area contributed by atoms with Crippen molar-refractivity contribution in [3.63, 3.8) is 0 Å². The van der Waals surface area contributed by atoms with Crippen LogP contribution in [-0.4, -0.2) is 133 Å².